The summed E-state index contributed by atoms with van der Waals surface area (Å²) in [6.45, 7) is 42.5. The summed E-state index contributed by atoms with van der Waals surface area (Å²) in [4.78, 5) is 53.1. The summed E-state index contributed by atoms with van der Waals surface area (Å²) < 4.78 is 23.5. The van der Waals surface area contributed by atoms with Crippen molar-refractivity contribution in [3.8, 4) is 11.5 Å². The lowest BCUT2D eigenvalue weighted by atomic mass is 9.96. The Balaban J connectivity index is 0.000000421. The van der Waals surface area contributed by atoms with Crippen LogP contribution in [0.5, 0.6) is 11.5 Å². The van der Waals surface area contributed by atoms with E-state index in [9.17, 15) is 19.2 Å². The number of nitrogens with two attached hydrogens (primary N) is 1. The summed E-state index contributed by atoms with van der Waals surface area (Å²) in [6.07, 6.45) is 1.39. The molecule has 0 saturated heterocycles. The molecule has 14 heteroatoms. The zero-order valence-electron chi connectivity index (χ0n) is 48.6. The SMILES string of the molecule is CCc1c(OC)cccc1C(=O)CN(C(=O)c1cc(C)cc(C)c1)C(C)(C)CO[Si](C)(C)C(C)(C)C.CCc1c(OC)cccc1C(=O)Cl.Cc1cc(C)cc(C(=O)N(N)C(C)(C)CO[Si](C)(C)C(C)(C)C)c1. The Hall–Kier alpha value is -4.64. The summed E-state index contributed by atoms with van der Waals surface area (Å²) in [5.74, 6) is 7.14. The number of carbonyl (C=O) groups is 4. The van der Waals surface area contributed by atoms with Gasteiger partial charge in [0.1, 0.15) is 11.5 Å². The van der Waals surface area contributed by atoms with Gasteiger partial charge in [-0.15, -0.1) is 0 Å². The van der Waals surface area contributed by atoms with Gasteiger partial charge in [-0.3, -0.25) is 24.2 Å². The van der Waals surface area contributed by atoms with Crippen LogP contribution in [0.1, 0.15) is 158 Å². The molecule has 404 valence electrons. The van der Waals surface area contributed by atoms with Crippen molar-refractivity contribution in [1.82, 2.24) is 9.91 Å². The fourth-order valence-corrected chi connectivity index (χ4v) is 10.0. The highest BCUT2D eigenvalue weighted by Gasteiger charge is 2.42. The van der Waals surface area contributed by atoms with Crippen LogP contribution in [0.2, 0.25) is 36.3 Å². The third kappa shape index (κ3) is 17.7. The van der Waals surface area contributed by atoms with E-state index in [2.05, 4.69) is 67.7 Å². The Morgan fingerprint density at radius 3 is 1.27 bits per heavy atom. The number of rotatable bonds is 18. The molecule has 11 nitrogen and oxygen atoms in total. The molecule has 0 heterocycles. The minimum atomic E-state index is -2.06. The Morgan fingerprint density at radius 1 is 0.562 bits per heavy atom. The highest BCUT2D eigenvalue weighted by molar-refractivity contribution is 6.74. The Labute approximate surface area is 447 Å². The summed E-state index contributed by atoms with van der Waals surface area (Å²) in [6, 6.07) is 22.4. The number of amides is 2. The van der Waals surface area contributed by atoms with Crippen LogP contribution in [0.3, 0.4) is 0 Å². The van der Waals surface area contributed by atoms with Crippen molar-refractivity contribution >= 4 is 51.1 Å². The van der Waals surface area contributed by atoms with E-state index < -0.39 is 33.0 Å². The first kappa shape index (κ1) is 64.5. The number of ketones is 1. The van der Waals surface area contributed by atoms with Crippen LogP contribution in [0.15, 0.2) is 72.8 Å². The van der Waals surface area contributed by atoms with Crippen LogP contribution in [0.25, 0.3) is 0 Å². The molecular weight excluding hydrogens is 970 g/mol. The molecule has 4 aromatic carbocycles. The van der Waals surface area contributed by atoms with Crippen LogP contribution < -0.4 is 15.3 Å². The molecule has 0 saturated carbocycles. The zero-order valence-corrected chi connectivity index (χ0v) is 51.3. The number of Topliss-reactive ketones (excluding diaryl/α,β-unsaturated/α-hetero) is 1. The van der Waals surface area contributed by atoms with Crippen molar-refractivity contribution in [2.24, 2.45) is 5.84 Å². The van der Waals surface area contributed by atoms with E-state index in [0.29, 0.717) is 53.4 Å². The van der Waals surface area contributed by atoms with Gasteiger partial charge in [0, 0.05) is 33.4 Å². The summed E-state index contributed by atoms with van der Waals surface area (Å²) in [5, 5.41) is 1.04. The van der Waals surface area contributed by atoms with Gasteiger partial charge in [0.25, 0.3) is 17.1 Å². The van der Waals surface area contributed by atoms with Gasteiger partial charge >= 0.3 is 0 Å². The predicted molar refractivity (Wildman–Crippen MR) is 307 cm³/mol. The number of hydrazine groups is 1. The van der Waals surface area contributed by atoms with Gasteiger partial charge < -0.3 is 23.2 Å². The molecule has 0 aliphatic carbocycles. The number of halogens is 1. The van der Waals surface area contributed by atoms with Crippen molar-refractivity contribution < 1.29 is 37.5 Å². The van der Waals surface area contributed by atoms with E-state index in [1.54, 1.807) is 31.3 Å². The molecular formula is C59H90ClN3O8Si2. The molecule has 0 fully saturated rings. The maximum absolute atomic E-state index is 14.0. The molecule has 0 aromatic heterocycles. The van der Waals surface area contributed by atoms with Gasteiger partial charge in [-0.1, -0.05) is 108 Å². The lowest BCUT2D eigenvalue weighted by molar-refractivity contribution is 0.0376. The molecule has 0 radical (unpaired) electrons. The number of methoxy groups -OCH3 is 2. The van der Waals surface area contributed by atoms with E-state index >= 15 is 0 Å². The minimum absolute atomic E-state index is 0.0397. The average Bonchev–Trinajstić information content (AvgIpc) is 3.29. The number of carbonyl (C=O) groups excluding carboxylic acids is 4. The van der Waals surface area contributed by atoms with Crippen LogP contribution in [0.4, 0.5) is 0 Å². The Morgan fingerprint density at radius 2 is 0.918 bits per heavy atom. The van der Waals surface area contributed by atoms with Gasteiger partial charge in [-0.05, 0) is 159 Å². The smallest absolute Gasteiger partial charge is 0.268 e. The molecule has 4 aromatic rings. The number of hydrogen-bond donors (Lipinski definition) is 1. The molecule has 0 spiro atoms. The van der Waals surface area contributed by atoms with Crippen molar-refractivity contribution in [3.05, 3.63) is 128 Å². The van der Waals surface area contributed by atoms with Crippen molar-refractivity contribution in [3.63, 3.8) is 0 Å². The second-order valence-corrected chi connectivity index (χ2v) is 33.4. The van der Waals surface area contributed by atoms with Crippen molar-refractivity contribution in [1.29, 1.82) is 0 Å². The molecule has 73 heavy (non-hydrogen) atoms. The van der Waals surface area contributed by atoms with Gasteiger partial charge in [0.15, 0.2) is 22.4 Å². The Bertz CT molecular complexity index is 2500. The molecule has 0 bridgehead atoms. The van der Waals surface area contributed by atoms with Gasteiger partial charge in [0.05, 0.1) is 45.1 Å². The number of hydrogen-bond acceptors (Lipinski definition) is 9. The second-order valence-electron chi connectivity index (χ2n) is 23.4. The largest absolute Gasteiger partial charge is 0.496 e. The van der Waals surface area contributed by atoms with E-state index in [-0.39, 0.29) is 34.2 Å². The van der Waals surface area contributed by atoms with Crippen LogP contribution >= 0.6 is 11.6 Å². The van der Waals surface area contributed by atoms with Gasteiger partial charge in [-0.25, -0.2) is 5.84 Å². The van der Waals surface area contributed by atoms with Crippen molar-refractivity contribution in [2.75, 3.05) is 34.0 Å². The molecule has 2 N–H and O–H groups in total. The first-order chi connectivity index (χ1) is 33.4. The quantitative estimate of drug-likeness (QED) is 0.0258. The molecule has 0 aliphatic heterocycles. The van der Waals surface area contributed by atoms with E-state index in [4.69, 9.17) is 35.8 Å². The molecule has 0 unspecified atom stereocenters. The molecule has 2 amide bonds. The zero-order chi connectivity index (χ0) is 56.2. The number of nitrogens with zero attached hydrogens (tertiary/aromatic N) is 2. The maximum Gasteiger partial charge on any atom is 0.268 e. The van der Waals surface area contributed by atoms with Crippen LogP contribution in [0, 0.1) is 27.7 Å². The first-order valence-electron chi connectivity index (χ1n) is 25.3. The van der Waals surface area contributed by atoms with E-state index in [1.807, 2.05) is 130 Å². The number of ether oxygens (including phenoxy) is 2. The first-order valence-corrected chi connectivity index (χ1v) is 31.5. The third-order valence-electron chi connectivity index (χ3n) is 14.2. The third-order valence-corrected chi connectivity index (χ3v) is 23.4. The summed E-state index contributed by atoms with van der Waals surface area (Å²) >= 11 is 5.42. The monoisotopic (exact) mass is 1060 g/mol. The van der Waals surface area contributed by atoms with E-state index in [1.165, 1.54) is 5.01 Å². The second kappa shape index (κ2) is 26.2. The fourth-order valence-electron chi connectivity index (χ4n) is 7.54. The fraction of sp³-hybridized carbons (Fsp3) is 0.525. The van der Waals surface area contributed by atoms with Crippen LogP contribution in [-0.4, -0.2) is 94.4 Å². The summed E-state index contributed by atoms with van der Waals surface area (Å²) in [5.41, 5.74) is 6.92. The standard InChI is InChI=1S/C30H45NO4Si.C19H34N2O2Si.C10H11ClO2/c1-12-24-25(14-13-15-27(24)34-9)26(32)19-31(28(33)23-17-21(2)16-22(3)18-23)30(7,8)20-35-36(10,11)29(4,5)6;1-14-10-15(2)12-16(11-14)17(22)21(20)19(6,7)13-23-24(8,9)18(3,4)5;1-3-7-8(10(11)12)5-4-6-9(7)13-2/h13-18H,12,19-20H2,1-11H3;10-12H,13,20H2,1-9H3;4-6H,3H2,1-2H3. The lowest BCUT2D eigenvalue weighted by Crippen LogP contribution is -2.57. The molecule has 4 rings (SSSR count). The molecule has 0 aliphatic rings. The number of aryl methyl sites for hydroxylation is 4. The highest BCUT2D eigenvalue weighted by atomic mass is 35.5. The highest BCUT2D eigenvalue weighted by Crippen LogP contribution is 2.39. The summed E-state index contributed by atoms with van der Waals surface area (Å²) in [7, 11) is -0.758. The van der Waals surface area contributed by atoms with E-state index in [0.717, 1.165) is 39.8 Å². The van der Waals surface area contributed by atoms with Crippen LogP contribution in [-0.2, 0) is 21.7 Å². The average molecular weight is 1060 g/mol. The maximum atomic E-state index is 14.0. The minimum Gasteiger partial charge on any atom is -0.496 e. The van der Waals surface area contributed by atoms with Crippen molar-refractivity contribution in [2.45, 2.75) is 171 Å². The predicted octanol–water partition coefficient (Wildman–Crippen LogP) is 14.1. The normalized spacial score (nSPS) is 12.2. The lowest BCUT2D eigenvalue weighted by Gasteiger charge is -2.43. The van der Waals surface area contributed by atoms with Gasteiger partial charge in [0.2, 0.25) is 0 Å². The Kier molecular flexibility index (Phi) is 23.2. The topological polar surface area (TPSA) is 138 Å². The van der Waals surface area contributed by atoms with Gasteiger partial charge in [-0.2, -0.15) is 0 Å². The number of benzene rings is 4. The molecule has 0 atom stereocenters.